The minimum absolute atomic E-state index is 0.0168. The van der Waals surface area contributed by atoms with Gasteiger partial charge in [-0.15, -0.1) is 11.8 Å². The predicted molar refractivity (Wildman–Crippen MR) is 73.4 cm³/mol. The number of thioether (sulfide) groups is 1. The number of ether oxygens (including phenoxy) is 1. The number of carbonyl (C=O) groups is 2. The topological polar surface area (TPSA) is 162 Å². The normalized spacial score (nSPS) is 34.2. The molecule has 9 nitrogen and oxygen atoms in total. The molecule has 21 heavy (non-hydrogen) atoms. The third kappa shape index (κ3) is 4.80. The van der Waals surface area contributed by atoms with Gasteiger partial charge in [-0.25, -0.2) is 0 Å². The number of carboxylic acid groups (broad SMARTS) is 1. The second kappa shape index (κ2) is 7.92. The molecule has 0 unspecified atom stereocenters. The number of amides is 1. The van der Waals surface area contributed by atoms with Crippen molar-refractivity contribution in [1.82, 2.24) is 5.32 Å². The van der Waals surface area contributed by atoms with Crippen LogP contribution in [-0.2, 0) is 14.3 Å². The smallest absolute Gasteiger partial charge is 0.321 e. The third-order valence-electron chi connectivity index (χ3n) is 3.01. The first-order valence-electron chi connectivity index (χ1n) is 6.27. The van der Waals surface area contributed by atoms with E-state index < -0.39 is 54.3 Å². The van der Waals surface area contributed by atoms with Crippen LogP contribution in [-0.4, -0.2) is 80.5 Å². The maximum Gasteiger partial charge on any atom is 0.321 e. The molecule has 1 saturated heterocycles. The first-order valence-corrected chi connectivity index (χ1v) is 7.32. The fourth-order valence-corrected chi connectivity index (χ4v) is 3.08. The number of hydrogen-bond donors (Lipinski definition) is 6. The summed E-state index contributed by atoms with van der Waals surface area (Å²) in [6.07, 6.45) is -3.74. The molecule has 0 spiro atoms. The maximum atomic E-state index is 11.2. The van der Waals surface area contributed by atoms with Gasteiger partial charge in [0.2, 0.25) is 5.91 Å². The highest BCUT2D eigenvalue weighted by molar-refractivity contribution is 7.99. The van der Waals surface area contributed by atoms with Crippen LogP contribution in [0.1, 0.15) is 6.92 Å². The lowest BCUT2D eigenvalue weighted by molar-refractivity contribution is -0.173. The molecule has 0 saturated carbocycles. The van der Waals surface area contributed by atoms with Crippen LogP contribution in [0.15, 0.2) is 0 Å². The number of aliphatic hydroxyl groups is 3. The summed E-state index contributed by atoms with van der Waals surface area (Å²) in [4.78, 5) is 21.9. The van der Waals surface area contributed by atoms with E-state index in [9.17, 15) is 19.8 Å². The number of rotatable bonds is 6. The summed E-state index contributed by atoms with van der Waals surface area (Å²) >= 11 is 0.984. The summed E-state index contributed by atoms with van der Waals surface area (Å²) in [5.74, 6) is -1.64. The number of carbonyl (C=O) groups excluding carboxylic acids is 1. The van der Waals surface area contributed by atoms with E-state index in [-0.39, 0.29) is 5.75 Å². The molecule has 122 valence electrons. The molecule has 0 aromatic heterocycles. The molecule has 6 atom stereocenters. The first kappa shape index (κ1) is 18.1. The Morgan fingerprint density at radius 3 is 2.48 bits per heavy atom. The third-order valence-corrected chi connectivity index (χ3v) is 4.29. The monoisotopic (exact) mass is 324 g/mol. The van der Waals surface area contributed by atoms with Crippen molar-refractivity contribution in [2.24, 2.45) is 5.73 Å². The van der Waals surface area contributed by atoms with Crippen LogP contribution in [0.5, 0.6) is 0 Å². The molecule has 1 amide bonds. The van der Waals surface area contributed by atoms with Crippen molar-refractivity contribution in [2.75, 3.05) is 12.4 Å². The number of aliphatic hydroxyl groups excluding tert-OH is 3. The highest BCUT2D eigenvalue weighted by Crippen LogP contribution is 2.28. The van der Waals surface area contributed by atoms with Crippen molar-refractivity contribution in [3.8, 4) is 0 Å². The van der Waals surface area contributed by atoms with E-state index in [0.29, 0.717) is 0 Å². The van der Waals surface area contributed by atoms with E-state index in [1.807, 2.05) is 0 Å². The van der Waals surface area contributed by atoms with Gasteiger partial charge in [-0.1, -0.05) is 0 Å². The van der Waals surface area contributed by atoms with E-state index in [1.54, 1.807) is 0 Å². The Balaban J connectivity index is 2.78. The Kier molecular flexibility index (Phi) is 6.84. The molecule has 1 aliphatic rings. The molecule has 0 aromatic carbocycles. The van der Waals surface area contributed by atoms with Gasteiger partial charge in [0, 0.05) is 12.7 Å². The molecular weight excluding hydrogens is 304 g/mol. The molecule has 10 heteroatoms. The van der Waals surface area contributed by atoms with E-state index in [2.05, 4.69) is 5.32 Å². The van der Waals surface area contributed by atoms with Gasteiger partial charge < -0.3 is 36.2 Å². The Morgan fingerprint density at radius 2 is 2.00 bits per heavy atom. The van der Waals surface area contributed by atoms with Crippen LogP contribution in [0.25, 0.3) is 0 Å². The van der Waals surface area contributed by atoms with Gasteiger partial charge in [0.1, 0.15) is 29.8 Å². The minimum atomic E-state index is -1.36. The molecule has 0 aromatic rings. The Bertz CT molecular complexity index is 384. The summed E-state index contributed by atoms with van der Waals surface area (Å²) in [7, 11) is 0. The Morgan fingerprint density at radius 1 is 1.38 bits per heavy atom. The van der Waals surface area contributed by atoms with Crippen molar-refractivity contribution in [2.45, 2.75) is 42.8 Å². The highest BCUT2D eigenvalue weighted by atomic mass is 32.2. The number of hydrogen-bond acceptors (Lipinski definition) is 8. The average Bonchev–Trinajstić information content (AvgIpc) is 2.42. The van der Waals surface area contributed by atoms with Crippen LogP contribution in [0, 0.1) is 0 Å². The quantitative estimate of drug-likeness (QED) is 0.300. The summed E-state index contributed by atoms with van der Waals surface area (Å²) in [5.41, 5.74) is 4.55. The lowest BCUT2D eigenvalue weighted by Gasteiger charge is -2.42. The summed E-state index contributed by atoms with van der Waals surface area (Å²) in [6, 6.07) is -2.07. The number of nitrogens with one attached hydrogen (secondary N) is 1. The zero-order valence-corrected chi connectivity index (χ0v) is 12.2. The summed E-state index contributed by atoms with van der Waals surface area (Å²) in [5, 5.41) is 40.1. The number of aliphatic carboxylic acids is 1. The molecule has 1 aliphatic heterocycles. The van der Waals surface area contributed by atoms with Crippen LogP contribution in [0.3, 0.4) is 0 Å². The molecule has 0 radical (unpaired) electrons. The highest BCUT2D eigenvalue weighted by Gasteiger charge is 2.45. The zero-order chi connectivity index (χ0) is 16.2. The molecule has 1 heterocycles. The van der Waals surface area contributed by atoms with Crippen molar-refractivity contribution in [1.29, 1.82) is 0 Å². The van der Waals surface area contributed by atoms with Crippen molar-refractivity contribution in [3.63, 3.8) is 0 Å². The fraction of sp³-hybridized carbons (Fsp3) is 0.818. The fourth-order valence-electron chi connectivity index (χ4n) is 1.88. The maximum absolute atomic E-state index is 11.2. The van der Waals surface area contributed by atoms with Gasteiger partial charge in [0.15, 0.2) is 0 Å². The van der Waals surface area contributed by atoms with Crippen LogP contribution >= 0.6 is 11.8 Å². The van der Waals surface area contributed by atoms with Gasteiger partial charge in [0.25, 0.3) is 0 Å². The number of nitrogens with two attached hydrogens (primary N) is 1. The SMILES string of the molecule is CC(=O)N[C@@H]1[C@@H](O)[C@@H](O)[C@@H](CO)O[C@@H]1SC[C@H](N)C(=O)O. The largest absolute Gasteiger partial charge is 0.480 e. The lowest BCUT2D eigenvalue weighted by atomic mass is 9.98. The molecule has 0 aliphatic carbocycles. The molecule has 7 N–H and O–H groups in total. The standard InChI is InChI=1S/C11H20N2O7S/c1-4(15)13-7-9(17)8(16)6(2-14)20-11(7)21-3-5(12)10(18)19/h5-9,11,14,16-17H,2-3,12H2,1H3,(H,13,15)(H,18,19)/t5-,6+,7+,8-,9+,11+/m0/s1. The Hall–Kier alpha value is -0.910. The molecule has 1 rings (SSSR count). The molecule has 0 bridgehead atoms. The zero-order valence-electron chi connectivity index (χ0n) is 11.4. The van der Waals surface area contributed by atoms with Gasteiger partial charge in [-0.05, 0) is 0 Å². The summed E-state index contributed by atoms with van der Waals surface area (Å²) < 4.78 is 5.40. The van der Waals surface area contributed by atoms with Gasteiger partial charge in [0.05, 0.1) is 12.6 Å². The van der Waals surface area contributed by atoms with E-state index in [1.165, 1.54) is 6.92 Å². The first-order chi connectivity index (χ1) is 9.77. The molecular formula is C11H20N2O7S. The van der Waals surface area contributed by atoms with Gasteiger partial charge in [-0.2, -0.15) is 0 Å². The van der Waals surface area contributed by atoms with Crippen molar-refractivity contribution in [3.05, 3.63) is 0 Å². The Labute approximate surface area is 125 Å². The lowest BCUT2D eigenvalue weighted by Crippen LogP contribution is -2.63. The predicted octanol–water partition coefficient (Wildman–Crippen LogP) is -2.92. The van der Waals surface area contributed by atoms with E-state index in [0.717, 1.165) is 11.8 Å². The summed E-state index contributed by atoms with van der Waals surface area (Å²) in [6.45, 7) is 0.717. The second-order valence-corrected chi connectivity index (χ2v) is 5.84. The van der Waals surface area contributed by atoms with Crippen LogP contribution in [0.2, 0.25) is 0 Å². The van der Waals surface area contributed by atoms with E-state index >= 15 is 0 Å². The average molecular weight is 324 g/mol. The van der Waals surface area contributed by atoms with Gasteiger partial charge in [-0.3, -0.25) is 9.59 Å². The molecule has 1 fully saturated rings. The van der Waals surface area contributed by atoms with Gasteiger partial charge >= 0.3 is 5.97 Å². The van der Waals surface area contributed by atoms with Crippen LogP contribution < -0.4 is 11.1 Å². The minimum Gasteiger partial charge on any atom is -0.480 e. The number of carboxylic acids is 1. The second-order valence-electron chi connectivity index (χ2n) is 4.71. The van der Waals surface area contributed by atoms with E-state index in [4.69, 9.17) is 20.7 Å². The van der Waals surface area contributed by atoms with Crippen LogP contribution in [0.4, 0.5) is 0 Å². The van der Waals surface area contributed by atoms with Crippen molar-refractivity contribution < 1.29 is 34.8 Å². The van der Waals surface area contributed by atoms with Crippen molar-refractivity contribution >= 4 is 23.6 Å².